The van der Waals surface area contributed by atoms with Crippen LogP contribution in [0.3, 0.4) is 0 Å². The third-order valence-electron chi connectivity index (χ3n) is 3.72. The SMILES string of the molecule is COc1c(CC(C)(C)N)cc2c(c1Br)CCCCC2. The molecule has 0 aromatic heterocycles. The maximum atomic E-state index is 6.18. The van der Waals surface area contributed by atoms with Crippen LogP contribution >= 0.6 is 15.9 Å². The summed E-state index contributed by atoms with van der Waals surface area (Å²) < 4.78 is 6.77. The number of rotatable bonds is 3. The second-order valence-corrected chi connectivity index (χ2v) is 7.04. The molecule has 0 heterocycles. The lowest BCUT2D eigenvalue weighted by molar-refractivity contribution is 0.399. The van der Waals surface area contributed by atoms with Gasteiger partial charge in [0.1, 0.15) is 5.75 Å². The molecular formula is C16H24BrNO. The van der Waals surface area contributed by atoms with Crippen LogP contribution in [0, 0.1) is 0 Å². The third kappa shape index (κ3) is 3.51. The summed E-state index contributed by atoms with van der Waals surface area (Å²) in [6.45, 7) is 4.12. The van der Waals surface area contributed by atoms with Gasteiger partial charge in [-0.2, -0.15) is 0 Å². The van der Waals surface area contributed by atoms with E-state index < -0.39 is 0 Å². The summed E-state index contributed by atoms with van der Waals surface area (Å²) >= 11 is 3.75. The van der Waals surface area contributed by atoms with Crippen LogP contribution in [0.25, 0.3) is 0 Å². The van der Waals surface area contributed by atoms with Gasteiger partial charge in [0.15, 0.2) is 0 Å². The molecule has 1 aliphatic rings. The molecule has 1 aromatic carbocycles. The number of hydrogen-bond acceptors (Lipinski definition) is 2. The summed E-state index contributed by atoms with van der Waals surface area (Å²) in [5.41, 5.74) is 10.1. The first-order valence-electron chi connectivity index (χ1n) is 7.08. The van der Waals surface area contributed by atoms with Crippen molar-refractivity contribution in [3.63, 3.8) is 0 Å². The maximum Gasteiger partial charge on any atom is 0.136 e. The van der Waals surface area contributed by atoms with Crippen molar-refractivity contribution in [1.82, 2.24) is 0 Å². The number of halogens is 1. The van der Waals surface area contributed by atoms with Gasteiger partial charge < -0.3 is 10.5 Å². The summed E-state index contributed by atoms with van der Waals surface area (Å²) in [6.07, 6.45) is 7.05. The van der Waals surface area contributed by atoms with Crippen LogP contribution in [-0.4, -0.2) is 12.6 Å². The molecule has 0 saturated carbocycles. The molecule has 0 aliphatic heterocycles. The van der Waals surface area contributed by atoms with E-state index in [0.29, 0.717) is 0 Å². The lowest BCUT2D eigenvalue weighted by Crippen LogP contribution is -2.34. The lowest BCUT2D eigenvalue weighted by atomic mass is 9.91. The van der Waals surface area contributed by atoms with Crippen molar-refractivity contribution in [3.05, 3.63) is 27.2 Å². The molecule has 0 fully saturated rings. The van der Waals surface area contributed by atoms with Crippen molar-refractivity contribution in [2.45, 2.75) is 57.9 Å². The average Bonchev–Trinajstić information content (AvgIpc) is 2.52. The van der Waals surface area contributed by atoms with Crippen molar-refractivity contribution >= 4 is 15.9 Å². The molecule has 0 spiro atoms. The van der Waals surface area contributed by atoms with Crippen LogP contribution in [0.2, 0.25) is 0 Å². The quantitative estimate of drug-likeness (QED) is 0.852. The molecule has 0 unspecified atom stereocenters. The van der Waals surface area contributed by atoms with Crippen LogP contribution in [0.4, 0.5) is 0 Å². The Kier molecular flexibility index (Phi) is 4.57. The van der Waals surface area contributed by atoms with Gasteiger partial charge in [0.25, 0.3) is 0 Å². The minimum absolute atomic E-state index is 0.217. The Bertz CT molecular complexity index is 463. The molecule has 3 heteroatoms. The summed E-state index contributed by atoms with van der Waals surface area (Å²) in [5, 5.41) is 0. The van der Waals surface area contributed by atoms with Gasteiger partial charge in [0, 0.05) is 5.54 Å². The van der Waals surface area contributed by atoms with Crippen LogP contribution < -0.4 is 10.5 Å². The molecule has 1 aromatic rings. The van der Waals surface area contributed by atoms with Crippen molar-refractivity contribution in [3.8, 4) is 5.75 Å². The van der Waals surface area contributed by atoms with E-state index in [9.17, 15) is 0 Å². The molecule has 0 amide bonds. The zero-order valence-corrected chi connectivity index (χ0v) is 13.8. The highest BCUT2D eigenvalue weighted by molar-refractivity contribution is 9.10. The van der Waals surface area contributed by atoms with Gasteiger partial charge in [-0.3, -0.25) is 0 Å². The number of benzene rings is 1. The fraction of sp³-hybridized carbons (Fsp3) is 0.625. The monoisotopic (exact) mass is 325 g/mol. The van der Waals surface area contributed by atoms with Crippen molar-refractivity contribution in [2.75, 3.05) is 7.11 Å². The Morgan fingerprint density at radius 3 is 2.58 bits per heavy atom. The van der Waals surface area contributed by atoms with Gasteiger partial charge in [-0.05, 0) is 78.6 Å². The fourth-order valence-electron chi connectivity index (χ4n) is 2.91. The van der Waals surface area contributed by atoms with E-state index in [2.05, 4.69) is 35.8 Å². The number of methoxy groups -OCH3 is 1. The number of fused-ring (bicyclic) bond motifs is 1. The van der Waals surface area contributed by atoms with Crippen LogP contribution in [0.1, 0.15) is 49.8 Å². The van der Waals surface area contributed by atoms with Crippen LogP contribution in [-0.2, 0) is 19.3 Å². The molecule has 0 bridgehead atoms. The first-order valence-corrected chi connectivity index (χ1v) is 7.87. The Balaban J connectivity index is 2.49. The average molecular weight is 326 g/mol. The first-order chi connectivity index (χ1) is 8.92. The lowest BCUT2D eigenvalue weighted by Gasteiger charge is -2.23. The Labute approximate surface area is 124 Å². The van der Waals surface area contributed by atoms with Gasteiger partial charge in [-0.25, -0.2) is 0 Å². The van der Waals surface area contributed by atoms with E-state index in [4.69, 9.17) is 10.5 Å². The highest BCUT2D eigenvalue weighted by Gasteiger charge is 2.22. The summed E-state index contributed by atoms with van der Waals surface area (Å²) in [6, 6.07) is 2.32. The molecule has 19 heavy (non-hydrogen) atoms. The van der Waals surface area contributed by atoms with E-state index in [1.165, 1.54) is 42.4 Å². The minimum Gasteiger partial charge on any atom is -0.495 e. The van der Waals surface area contributed by atoms with E-state index in [1.54, 1.807) is 7.11 Å². The Morgan fingerprint density at radius 2 is 1.95 bits per heavy atom. The first kappa shape index (κ1) is 14.9. The smallest absolute Gasteiger partial charge is 0.136 e. The summed E-state index contributed by atoms with van der Waals surface area (Å²) in [4.78, 5) is 0. The van der Waals surface area contributed by atoms with E-state index >= 15 is 0 Å². The molecule has 0 atom stereocenters. The number of ether oxygens (including phenoxy) is 1. The van der Waals surface area contributed by atoms with Gasteiger partial charge in [0.05, 0.1) is 11.6 Å². The Morgan fingerprint density at radius 1 is 1.26 bits per heavy atom. The predicted molar refractivity (Wildman–Crippen MR) is 83.9 cm³/mol. The van der Waals surface area contributed by atoms with Crippen molar-refractivity contribution < 1.29 is 4.74 Å². The van der Waals surface area contributed by atoms with Gasteiger partial charge in [-0.1, -0.05) is 12.5 Å². The molecule has 106 valence electrons. The number of aryl methyl sites for hydroxylation is 1. The molecule has 1 aliphatic carbocycles. The highest BCUT2D eigenvalue weighted by Crippen LogP contribution is 2.38. The van der Waals surface area contributed by atoms with Crippen LogP contribution in [0.15, 0.2) is 10.5 Å². The summed E-state index contributed by atoms with van der Waals surface area (Å²) in [7, 11) is 1.75. The third-order valence-corrected chi connectivity index (χ3v) is 4.55. The molecule has 2 nitrogen and oxygen atoms in total. The van der Waals surface area contributed by atoms with Gasteiger partial charge >= 0.3 is 0 Å². The number of hydrogen-bond donors (Lipinski definition) is 1. The zero-order chi connectivity index (χ0) is 14.0. The molecule has 2 N–H and O–H groups in total. The van der Waals surface area contributed by atoms with Gasteiger partial charge in [-0.15, -0.1) is 0 Å². The van der Waals surface area contributed by atoms with E-state index in [0.717, 1.165) is 23.1 Å². The van der Waals surface area contributed by atoms with Crippen molar-refractivity contribution in [2.24, 2.45) is 5.73 Å². The minimum atomic E-state index is -0.217. The van der Waals surface area contributed by atoms with Gasteiger partial charge in [0.2, 0.25) is 0 Å². The predicted octanol–water partition coefficient (Wildman–Crippen LogP) is 4.01. The number of nitrogens with two attached hydrogens (primary N) is 1. The molecule has 0 saturated heterocycles. The highest BCUT2D eigenvalue weighted by atomic mass is 79.9. The second kappa shape index (κ2) is 5.84. The molecular weight excluding hydrogens is 302 g/mol. The fourth-order valence-corrected chi connectivity index (χ4v) is 3.78. The van der Waals surface area contributed by atoms with E-state index in [-0.39, 0.29) is 5.54 Å². The van der Waals surface area contributed by atoms with Crippen LogP contribution in [0.5, 0.6) is 5.75 Å². The standard InChI is InChI=1S/C16H24BrNO/c1-16(2,18)10-12-9-11-7-5-4-6-8-13(11)14(17)15(12)19-3/h9H,4-8,10,18H2,1-3H3. The molecule has 2 rings (SSSR count). The normalized spacial score (nSPS) is 15.8. The largest absolute Gasteiger partial charge is 0.495 e. The molecule has 0 radical (unpaired) electrons. The Hall–Kier alpha value is -0.540. The zero-order valence-electron chi connectivity index (χ0n) is 12.2. The summed E-state index contributed by atoms with van der Waals surface area (Å²) in [5.74, 6) is 0.971. The second-order valence-electron chi connectivity index (χ2n) is 6.25. The maximum absolute atomic E-state index is 6.18. The van der Waals surface area contributed by atoms with Crippen molar-refractivity contribution in [1.29, 1.82) is 0 Å². The topological polar surface area (TPSA) is 35.2 Å². The van der Waals surface area contributed by atoms with E-state index in [1.807, 2.05) is 0 Å².